The summed E-state index contributed by atoms with van der Waals surface area (Å²) in [4.78, 5) is 0. The van der Waals surface area contributed by atoms with Crippen molar-refractivity contribution in [1.82, 2.24) is 5.43 Å². The van der Waals surface area contributed by atoms with Crippen LogP contribution in [0.4, 0.5) is 8.78 Å². The second-order valence-electron chi connectivity index (χ2n) is 5.46. The summed E-state index contributed by atoms with van der Waals surface area (Å²) in [5, 5.41) is 0. The zero-order chi connectivity index (χ0) is 15.1. The number of hydrazine groups is 1. The van der Waals surface area contributed by atoms with Gasteiger partial charge in [-0.3, -0.25) is 11.3 Å². The lowest BCUT2D eigenvalue weighted by molar-refractivity contribution is 0.342. The molecule has 0 aliphatic heterocycles. The topological polar surface area (TPSA) is 38.0 Å². The largest absolute Gasteiger partial charge is 0.271 e. The maximum atomic E-state index is 14.2. The van der Waals surface area contributed by atoms with Crippen LogP contribution < -0.4 is 11.3 Å². The van der Waals surface area contributed by atoms with Crippen molar-refractivity contribution < 1.29 is 8.78 Å². The van der Waals surface area contributed by atoms with E-state index in [1.54, 1.807) is 6.92 Å². The molecular formula is C16H26F2N2. The minimum atomic E-state index is -0.526. The molecule has 1 aromatic rings. The van der Waals surface area contributed by atoms with Gasteiger partial charge in [-0.15, -0.1) is 0 Å². The number of hydrogen-bond donors (Lipinski definition) is 2. The fourth-order valence-electron chi connectivity index (χ4n) is 2.58. The van der Waals surface area contributed by atoms with Gasteiger partial charge >= 0.3 is 0 Å². The minimum Gasteiger partial charge on any atom is -0.271 e. The van der Waals surface area contributed by atoms with Crippen molar-refractivity contribution in [3.05, 3.63) is 34.9 Å². The first-order chi connectivity index (χ1) is 9.54. The molecule has 114 valence electrons. The van der Waals surface area contributed by atoms with Gasteiger partial charge in [-0.25, -0.2) is 8.78 Å². The van der Waals surface area contributed by atoms with Crippen LogP contribution in [0.5, 0.6) is 0 Å². The average Bonchev–Trinajstić information content (AvgIpc) is 2.45. The molecule has 4 heteroatoms. The summed E-state index contributed by atoms with van der Waals surface area (Å²) in [6.45, 7) is 5.89. The molecule has 0 fully saturated rings. The Labute approximate surface area is 120 Å². The molecule has 0 aliphatic rings. The Morgan fingerprint density at radius 2 is 1.95 bits per heavy atom. The Balaban J connectivity index is 2.93. The molecule has 0 aliphatic carbocycles. The van der Waals surface area contributed by atoms with Crippen molar-refractivity contribution in [3.8, 4) is 0 Å². The van der Waals surface area contributed by atoms with Crippen LogP contribution in [-0.4, -0.2) is 0 Å². The summed E-state index contributed by atoms with van der Waals surface area (Å²) in [6.07, 6.45) is 4.98. The lowest BCUT2D eigenvalue weighted by atomic mass is 9.88. The first-order valence-corrected chi connectivity index (χ1v) is 7.45. The Kier molecular flexibility index (Phi) is 7.10. The van der Waals surface area contributed by atoms with Crippen molar-refractivity contribution >= 4 is 0 Å². The van der Waals surface area contributed by atoms with E-state index >= 15 is 0 Å². The van der Waals surface area contributed by atoms with Gasteiger partial charge in [0.25, 0.3) is 0 Å². The van der Waals surface area contributed by atoms with Crippen molar-refractivity contribution in [2.24, 2.45) is 11.8 Å². The van der Waals surface area contributed by atoms with E-state index in [1.807, 2.05) is 0 Å². The molecule has 2 nitrogen and oxygen atoms in total. The van der Waals surface area contributed by atoms with E-state index in [9.17, 15) is 8.78 Å². The van der Waals surface area contributed by atoms with E-state index in [0.29, 0.717) is 17.9 Å². The second kappa shape index (κ2) is 8.32. The predicted octanol–water partition coefficient (Wildman–Crippen LogP) is 4.38. The van der Waals surface area contributed by atoms with Gasteiger partial charge in [-0.1, -0.05) is 45.6 Å². The van der Waals surface area contributed by atoms with Crippen LogP contribution in [0, 0.1) is 24.5 Å². The molecule has 0 saturated heterocycles. The number of halogens is 2. The van der Waals surface area contributed by atoms with Crippen molar-refractivity contribution in [1.29, 1.82) is 0 Å². The lowest BCUT2D eigenvalue weighted by Gasteiger charge is -2.23. The van der Waals surface area contributed by atoms with E-state index in [0.717, 1.165) is 25.7 Å². The molecule has 0 aromatic heterocycles. The Morgan fingerprint density at radius 3 is 2.50 bits per heavy atom. The van der Waals surface area contributed by atoms with Crippen LogP contribution in [0.3, 0.4) is 0 Å². The average molecular weight is 284 g/mol. The molecule has 0 bridgehead atoms. The molecule has 0 spiro atoms. The zero-order valence-corrected chi connectivity index (χ0v) is 12.7. The molecule has 0 heterocycles. The normalized spacial score (nSPS) is 14.3. The van der Waals surface area contributed by atoms with Crippen LogP contribution >= 0.6 is 0 Å². The highest BCUT2D eigenvalue weighted by molar-refractivity contribution is 5.29. The van der Waals surface area contributed by atoms with Gasteiger partial charge in [-0.05, 0) is 30.9 Å². The Morgan fingerprint density at radius 1 is 1.25 bits per heavy atom. The van der Waals surface area contributed by atoms with Crippen molar-refractivity contribution in [2.45, 2.75) is 58.9 Å². The van der Waals surface area contributed by atoms with Gasteiger partial charge in [0.05, 0.1) is 6.04 Å². The summed E-state index contributed by atoms with van der Waals surface area (Å²) in [5.41, 5.74) is 3.11. The third-order valence-electron chi connectivity index (χ3n) is 3.98. The first kappa shape index (κ1) is 17.1. The maximum absolute atomic E-state index is 14.2. The van der Waals surface area contributed by atoms with Crippen LogP contribution in [-0.2, 0) is 0 Å². The molecular weight excluding hydrogens is 258 g/mol. The number of hydrogen-bond acceptors (Lipinski definition) is 2. The molecule has 1 aromatic carbocycles. The number of aryl methyl sites for hydroxylation is 1. The molecule has 0 amide bonds. The van der Waals surface area contributed by atoms with E-state index in [1.165, 1.54) is 12.1 Å². The summed E-state index contributed by atoms with van der Waals surface area (Å²) in [7, 11) is 0. The molecule has 2 atom stereocenters. The maximum Gasteiger partial charge on any atom is 0.133 e. The standard InChI is InChI=1S/C16H26F2N2/c1-4-6-7-12(5-2)10-14(20-19)15-13(17)9-8-11(3)16(15)18/h8-9,12,14,20H,4-7,10,19H2,1-3H3. The SMILES string of the molecule is CCCCC(CC)CC(NN)c1c(F)ccc(C)c1F. The van der Waals surface area contributed by atoms with Crippen molar-refractivity contribution in [3.63, 3.8) is 0 Å². The van der Waals surface area contributed by atoms with Gasteiger partial charge < -0.3 is 0 Å². The summed E-state index contributed by atoms with van der Waals surface area (Å²) in [5.74, 6) is 4.95. The Bertz CT molecular complexity index is 421. The molecule has 0 saturated carbocycles. The molecule has 20 heavy (non-hydrogen) atoms. The van der Waals surface area contributed by atoms with Crippen LogP contribution in [0.25, 0.3) is 0 Å². The van der Waals surface area contributed by atoms with Crippen molar-refractivity contribution in [2.75, 3.05) is 0 Å². The highest BCUT2D eigenvalue weighted by atomic mass is 19.1. The lowest BCUT2D eigenvalue weighted by Crippen LogP contribution is -2.31. The van der Waals surface area contributed by atoms with Gasteiger partial charge in [0.1, 0.15) is 11.6 Å². The monoisotopic (exact) mass is 284 g/mol. The van der Waals surface area contributed by atoms with E-state index in [2.05, 4.69) is 19.3 Å². The molecule has 2 unspecified atom stereocenters. The second-order valence-corrected chi connectivity index (χ2v) is 5.46. The quantitative estimate of drug-likeness (QED) is 0.549. The highest BCUT2D eigenvalue weighted by Crippen LogP contribution is 2.30. The molecule has 0 radical (unpaired) electrons. The van der Waals surface area contributed by atoms with E-state index < -0.39 is 17.7 Å². The Hall–Kier alpha value is -1.00. The summed E-state index contributed by atoms with van der Waals surface area (Å²) in [6, 6.07) is 2.29. The van der Waals surface area contributed by atoms with Crippen LogP contribution in [0.2, 0.25) is 0 Å². The third kappa shape index (κ3) is 4.25. The summed E-state index contributed by atoms with van der Waals surface area (Å²) >= 11 is 0. The number of benzene rings is 1. The first-order valence-electron chi connectivity index (χ1n) is 7.45. The van der Waals surface area contributed by atoms with Gasteiger partial charge in [0, 0.05) is 5.56 Å². The van der Waals surface area contributed by atoms with Crippen LogP contribution in [0.1, 0.15) is 63.1 Å². The predicted molar refractivity (Wildman–Crippen MR) is 79.1 cm³/mol. The number of unbranched alkanes of at least 4 members (excludes halogenated alkanes) is 1. The fraction of sp³-hybridized carbons (Fsp3) is 0.625. The minimum absolute atomic E-state index is 0.0717. The zero-order valence-electron chi connectivity index (χ0n) is 12.7. The molecule has 3 N–H and O–H groups in total. The number of nitrogens with one attached hydrogen (secondary N) is 1. The highest BCUT2D eigenvalue weighted by Gasteiger charge is 2.23. The smallest absolute Gasteiger partial charge is 0.133 e. The van der Waals surface area contributed by atoms with Gasteiger partial charge in [0.2, 0.25) is 0 Å². The molecule has 1 rings (SSSR count). The third-order valence-corrected chi connectivity index (χ3v) is 3.98. The van der Waals surface area contributed by atoms with Crippen LogP contribution in [0.15, 0.2) is 12.1 Å². The fourth-order valence-corrected chi connectivity index (χ4v) is 2.58. The van der Waals surface area contributed by atoms with E-state index in [-0.39, 0.29) is 5.56 Å². The van der Waals surface area contributed by atoms with Gasteiger partial charge in [-0.2, -0.15) is 0 Å². The van der Waals surface area contributed by atoms with E-state index in [4.69, 9.17) is 5.84 Å². The number of nitrogens with two attached hydrogens (primary N) is 1. The van der Waals surface area contributed by atoms with Gasteiger partial charge in [0.15, 0.2) is 0 Å². The summed E-state index contributed by atoms with van der Waals surface area (Å²) < 4.78 is 28.1. The number of rotatable bonds is 8.